The number of nitrogens with one attached hydrogen (secondary N) is 1. The van der Waals surface area contributed by atoms with E-state index < -0.39 is 0 Å². The lowest BCUT2D eigenvalue weighted by Crippen LogP contribution is -2.27. The number of hydrogen-bond acceptors (Lipinski definition) is 2. The summed E-state index contributed by atoms with van der Waals surface area (Å²) >= 11 is 0. The quantitative estimate of drug-likeness (QED) is 0.840. The third-order valence-corrected chi connectivity index (χ3v) is 3.31. The maximum absolute atomic E-state index is 5.93. The third kappa shape index (κ3) is 1.94. The zero-order valence-corrected chi connectivity index (χ0v) is 10.4. The molecule has 0 saturated heterocycles. The summed E-state index contributed by atoms with van der Waals surface area (Å²) in [5, 5.41) is 3.37. The lowest BCUT2D eigenvalue weighted by atomic mass is 9.99. The van der Waals surface area contributed by atoms with Gasteiger partial charge in [-0.05, 0) is 31.5 Å². The van der Waals surface area contributed by atoms with Gasteiger partial charge in [-0.1, -0.05) is 32.4 Å². The highest BCUT2D eigenvalue weighted by molar-refractivity contribution is 5.43. The Balaban J connectivity index is 2.29. The highest BCUT2D eigenvalue weighted by Crippen LogP contribution is 2.38. The molecule has 16 heavy (non-hydrogen) atoms. The number of likely N-dealkylation sites (N-methyl/N-ethyl adjacent to an activating group) is 1. The summed E-state index contributed by atoms with van der Waals surface area (Å²) in [6.45, 7) is 4.39. The summed E-state index contributed by atoms with van der Waals surface area (Å²) in [4.78, 5) is 0. The summed E-state index contributed by atoms with van der Waals surface area (Å²) in [5.74, 6) is 1.06. The molecular weight excluding hydrogens is 198 g/mol. The lowest BCUT2D eigenvalue weighted by molar-refractivity contribution is 0.189. The first kappa shape index (κ1) is 11.5. The van der Waals surface area contributed by atoms with E-state index in [1.54, 1.807) is 0 Å². The molecular formula is C14H21NO. The van der Waals surface area contributed by atoms with Crippen molar-refractivity contribution in [2.75, 3.05) is 7.05 Å². The Morgan fingerprint density at radius 3 is 2.75 bits per heavy atom. The average Bonchev–Trinajstić information content (AvgIpc) is 2.66. The van der Waals surface area contributed by atoms with Crippen LogP contribution in [0.3, 0.4) is 0 Å². The summed E-state index contributed by atoms with van der Waals surface area (Å²) in [6.07, 6.45) is 3.68. The van der Waals surface area contributed by atoms with Gasteiger partial charge in [-0.25, -0.2) is 0 Å². The summed E-state index contributed by atoms with van der Waals surface area (Å²) < 4.78 is 5.93. The van der Waals surface area contributed by atoms with Crippen LogP contribution in [-0.4, -0.2) is 13.2 Å². The topological polar surface area (TPSA) is 21.3 Å². The van der Waals surface area contributed by atoms with Crippen LogP contribution in [0.4, 0.5) is 0 Å². The summed E-state index contributed by atoms with van der Waals surface area (Å²) in [7, 11) is 2.01. The predicted octanol–water partition coefficient (Wildman–Crippen LogP) is 3.07. The molecule has 2 atom stereocenters. The third-order valence-electron chi connectivity index (χ3n) is 3.31. The molecule has 2 unspecified atom stereocenters. The molecule has 1 aliphatic rings. The molecule has 1 aromatic carbocycles. The van der Waals surface area contributed by atoms with Crippen molar-refractivity contribution in [2.45, 2.75) is 45.3 Å². The van der Waals surface area contributed by atoms with Crippen molar-refractivity contribution < 1.29 is 4.74 Å². The molecule has 2 nitrogen and oxygen atoms in total. The standard InChI is InChI=1S/C14H21NO/c1-4-6-10-7-8-13-11(9-10)14(15-3)12(5-2)16-13/h7-9,12,14-15H,4-6H2,1-3H3. The minimum Gasteiger partial charge on any atom is -0.488 e. The fourth-order valence-corrected chi connectivity index (χ4v) is 2.48. The van der Waals surface area contributed by atoms with Gasteiger partial charge in [-0.2, -0.15) is 0 Å². The second-order valence-corrected chi connectivity index (χ2v) is 4.45. The molecule has 0 radical (unpaired) electrons. The molecule has 88 valence electrons. The molecule has 0 aliphatic carbocycles. The van der Waals surface area contributed by atoms with E-state index in [1.807, 2.05) is 7.05 Å². The molecule has 0 spiro atoms. The molecule has 1 aliphatic heterocycles. The van der Waals surface area contributed by atoms with E-state index in [-0.39, 0.29) is 6.10 Å². The maximum atomic E-state index is 5.93. The minimum absolute atomic E-state index is 0.289. The summed E-state index contributed by atoms with van der Waals surface area (Å²) in [5.41, 5.74) is 2.75. The first-order valence-electron chi connectivity index (χ1n) is 6.26. The summed E-state index contributed by atoms with van der Waals surface area (Å²) in [6, 6.07) is 6.97. The van der Waals surface area contributed by atoms with Gasteiger partial charge in [0.1, 0.15) is 11.9 Å². The maximum Gasteiger partial charge on any atom is 0.124 e. The van der Waals surface area contributed by atoms with E-state index >= 15 is 0 Å². The van der Waals surface area contributed by atoms with E-state index in [2.05, 4.69) is 37.4 Å². The van der Waals surface area contributed by atoms with Crippen molar-refractivity contribution in [2.24, 2.45) is 0 Å². The highest BCUT2D eigenvalue weighted by atomic mass is 16.5. The van der Waals surface area contributed by atoms with E-state index in [0.29, 0.717) is 6.04 Å². The molecule has 0 aromatic heterocycles. The number of hydrogen-bond donors (Lipinski definition) is 1. The fraction of sp³-hybridized carbons (Fsp3) is 0.571. The monoisotopic (exact) mass is 219 g/mol. The van der Waals surface area contributed by atoms with Crippen molar-refractivity contribution >= 4 is 0 Å². The number of aryl methyl sites for hydroxylation is 1. The van der Waals surface area contributed by atoms with Gasteiger partial charge in [-0.15, -0.1) is 0 Å². The molecule has 1 N–H and O–H groups in total. The fourth-order valence-electron chi connectivity index (χ4n) is 2.48. The number of rotatable bonds is 4. The number of fused-ring (bicyclic) bond motifs is 1. The van der Waals surface area contributed by atoms with E-state index in [4.69, 9.17) is 4.74 Å². The molecule has 1 heterocycles. The van der Waals surface area contributed by atoms with Crippen LogP contribution in [0, 0.1) is 0 Å². The van der Waals surface area contributed by atoms with Gasteiger partial charge < -0.3 is 10.1 Å². The normalized spacial score (nSPS) is 22.9. The molecule has 0 fully saturated rings. The Labute approximate surface area is 98.0 Å². The Bertz CT molecular complexity index is 362. The van der Waals surface area contributed by atoms with Crippen molar-refractivity contribution in [3.63, 3.8) is 0 Å². The van der Waals surface area contributed by atoms with Crippen LogP contribution in [-0.2, 0) is 6.42 Å². The van der Waals surface area contributed by atoms with Crippen LogP contribution in [0.15, 0.2) is 18.2 Å². The van der Waals surface area contributed by atoms with E-state index in [1.165, 1.54) is 17.5 Å². The molecule has 2 heteroatoms. The van der Waals surface area contributed by atoms with E-state index in [0.717, 1.165) is 18.6 Å². The van der Waals surface area contributed by atoms with Gasteiger partial charge in [0.2, 0.25) is 0 Å². The minimum atomic E-state index is 0.289. The van der Waals surface area contributed by atoms with Gasteiger partial charge in [-0.3, -0.25) is 0 Å². The predicted molar refractivity (Wildman–Crippen MR) is 66.9 cm³/mol. The zero-order chi connectivity index (χ0) is 11.5. The lowest BCUT2D eigenvalue weighted by Gasteiger charge is -2.16. The Morgan fingerprint density at radius 2 is 2.12 bits per heavy atom. The molecule has 0 bridgehead atoms. The van der Waals surface area contributed by atoms with Crippen LogP contribution in [0.2, 0.25) is 0 Å². The molecule has 2 rings (SSSR count). The first-order chi connectivity index (χ1) is 7.80. The van der Waals surface area contributed by atoms with Gasteiger partial charge in [0.25, 0.3) is 0 Å². The Kier molecular flexibility index (Phi) is 3.49. The smallest absolute Gasteiger partial charge is 0.124 e. The zero-order valence-electron chi connectivity index (χ0n) is 10.4. The first-order valence-corrected chi connectivity index (χ1v) is 6.26. The van der Waals surface area contributed by atoms with Gasteiger partial charge in [0.05, 0.1) is 6.04 Å². The largest absolute Gasteiger partial charge is 0.488 e. The number of ether oxygens (including phenoxy) is 1. The van der Waals surface area contributed by atoms with Crippen molar-refractivity contribution in [1.29, 1.82) is 0 Å². The second-order valence-electron chi connectivity index (χ2n) is 4.45. The second kappa shape index (κ2) is 4.88. The SMILES string of the molecule is CCCc1ccc2c(c1)C(NC)C(CC)O2. The average molecular weight is 219 g/mol. The van der Waals surface area contributed by atoms with Crippen LogP contribution in [0.25, 0.3) is 0 Å². The van der Waals surface area contributed by atoms with Crippen LogP contribution in [0.1, 0.15) is 43.9 Å². The van der Waals surface area contributed by atoms with Crippen molar-refractivity contribution in [3.8, 4) is 5.75 Å². The van der Waals surface area contributed by atoms with Crippen molar-refractivity contribution in [3.05, 3.63) is 29.3 Å². The highest BCUT2D eigenvalue weighted by Gasteiger charge is 2.31. The Hall–Kier alpha value is -1.02. The number of benzene rings is 1. The molecule has 1 aromatic rings. The van der Waals surface area contributed by atoms with Crippen LogP contribution < -0.4 is 10.1 Å². The molecule has 0 amide bonds. The van der Waals surface area contributed by atoms with Gasteiger partial charge in [0, 0.05) is 5.56 Å². The van der Waals surface area contributed by atoms with Gasteiger partial charge >= 0.3 is 0 Å². The van der Waals surface area contributed by atoms with Crippen LogP contribution >= 0.6 is 0 Å². The van der Waals surface area contributed by atoms with Gasteiger partial charge in [0.15, 0.2) is 0 Å². The van der Waals surface area contributed by atoms with Crippen molar-refractivity contribution in [1.82, 2.24) is 5.32 Å². The molecule has 0 saturated carbocycles. The van der Waals surface area contributed by atoms with E-state index in [9.17, 15) is 0 Å². The Morgan fingerprint density at radius 1 is 1.31 bits per heavy atom. The van der Waals surface area contributed by atoms with Crippen LogP contribution in [0.5, 0.6) is 5.75 Å².